The number of nitrogens with zero attached hydrogens (tertiary/aromatic N) is 3. The molecule has 1 aromatic carbocycles. The standard InChI is InChI=1S/C15H13F2N3O2/c16-10-6-8-19(9-10)15-14(20(21)22)12(5-7-18-15)11-3-1-2-4-13(11)17/h1-5,7,10H,6,8-9H2/t10-/m0/s1. The summed E-state index contributed by atoms with van der Waals surface area (Å²) in [4.78, 5) is 16.5. The molecule has 1 fully saturated rings. The molecular weight excluding hydrogens is 292 g/mol. The first-order valence-electron chi connectivity index (χ1n) is 6.85. The molecule has 1 aliphatic rings. The topological polar surface area (TPSA) is 59.3 Å². The van der Waals surface area contributed by atoms with Crippen LogP contribution in [0.2, 0.25) is 0 Å². The molecule has 0 radical (unpaired) electrons. The number of benzene rings is 1. The van der Waals surface area contributed by atoms with Crippen molar-refractivity contribution in [2.24, 2.45) is 0 Å². The SMILES string of the molecule is O=[N+]([O-])c1c(-c2ccccc2F)ccnc1N1CC[C@H](F)C1. The molecule has 0 spiro atoms. The number of alkyl halides is 1. The van der Waals surface area contributed by atoms with Gasteiger partial charge in [-0.15, -0.1) is 0 Å². The van der Waals surface area contributed by atoms with E-state index < -0.39 is 16.9 Å². The molecule has 5 nitrogen and oxygen atoms in total. The van der Waals surface area contributed by atoms with E-state index in [0.29, 0.717) is 13.0 Å². The summed E-state index contributed by atoms with van der Waals surface area (Å²) in [5.74, 6) is -0.460. The Morgan fingerprint density at radius 1 is 1.27 bits per heavy atom. The highest BCUT2D eigenvalue weighted by Crippen LogP contribution is 2.38. The summed E-state index contributed by atoms with van der Waals surface area (Å²) in [6.45, 7) is 0.421. The smallest absolute Gasteiger partial charge is 0.319 e. The van der Waals surface area contributed by atoms with Gasteiger partial charge in [-0.2, -0.15) is 0 Å². The lowest BCUT2D eigenvalue weighted by Crippen LogP contribution is -2.22. The molecule has 0 aliphatic carbocycles. The average molecular weight is 305 g/mol. The predicted octanol–water partition coefficient (Wildman–Crippen LogP) is 3.34. The van der Waals surface area contributed by atoms with Crippen LogP contribution >= 0.6 is 0 Å². The van der Waals surface area contributed by atoms with Crippen LogP contribution in [0, 0.1) is 15.9 Å². The molecule has 1 saturated heterocycles. The lowest BCUT2D eigenvalue weighted by Gasteiger charge is -2.17. The maximum atomic E-state index is 14.0. The fourth-order valence-electron chi connectivity index (χ4n) is 2.66. The second-order valence-corrected chi connectivity index (χ2v) is 5.10. The second kappa shape index (κ2) is 5.67. The number of pyridine rings is 1. The Morgan fingerprint density at radius 2 is 2.05 bits per heavy atom. The molecule has 114 valence electrons. The van der Waals surface area contributed by atoms with E-state index in [9.17, 15) is 18.9 Å². The van der Waals surface area contributed by atoms with Gasteiger partial charge in [0.25, 0.3) is 0 Å². The fourth-order valence-corrected chi connectivity index (χ4v) is 2.66. The molecule has 0 saturated carbocycles. The lowest BCUT2D eigenvalue weighted by atomic mass is 10.0. The minimum atomic E-state index is -1.03. The summed E-state index contributed by atoms with van der Waals surface area (Å²) in [5, 5.41) is 11.5. The third kappa shape index (κ3) is 2.49. The van der Waals surface area contributed by atoms with Crippen LogP contribution in [0.15, 0.2) is 36.5 Å². The summed E-state index contributed by atoms with van der Waals surface area (Å²) in [6.07, 6.45) is 0.664. The zero-order chi connectivity index (χ0) is 15.7. The number of anilines is 1. The number of hydrogen-bond acceptors (Lipinski definition) is 4. The highest BCUT2D eigenvalue weighted by atomic mass is 19.1. The number of rotatable bonds is 3. The van der Waals surface area contributed by atoms with E-state index in [0.717, 1.165) is 0 Å². The van der Waals surface area contributed by atoms with E-state index in [-0.39, 0.29) is 29.2 Å². The molecular formula is C15H13F2N3O2. The molecule has 1 aromatic heterocycles. The molecule has 1 aliphatic heterocycles. The van der Waals surface area contributed by atoms with Crippen molar-refractivity contribution in [1.29, 1.82) is 0 Å². The largest absolute Gasteiger partial charge is 0.348 e. The first-order chi connectivity index (χ1) is 10.6. The first-order valence-corrected chi connectivity index (χ1v) is 6.85. The van der Waals surface area contributed by atoms with E-state index in [1.54, 1.807) is 6.07 Å². The van der Waals surface area contributed by atoms with E-state index in [1.807, 2.05) is 0 Å². The Balaban J connectivity index is 2.16. The van der Waals surface area contributed by atoms with Crippen LogP contribution in [0.3, 0.4) is 0 Å². The summed E-state index contributed by atoms with van der Waals surface area (Å²) in [5.41, 5.74) is -0.00838. The molecule has 2 heterocycles. The monoisotopic (exact) mass is 305 g/mol. The van der Waals surface area contributed by atoms with Gasteiger partial charge in [0.1, 0.15) is 12.0 Å². The number of aromatic nitrogens is 1. The Morgan fingerprint density at radius 3 is 2.68 bits per heavy atom. The van der Waals surface area contributed by atoms with Crippen molar-refractivity contribution in [2.45, 2.75) is 12.6 Å². The summed E-state index contributed by atoms with van der Waals surface area (Å²) < 4.78 is 27.4. The molecule has 3 rings (SSSR count). The molecule has 22 heavy (non-hydrogen) atoms. The van der Waals surface area contributed by atoms with Gasteiger partial charge in [-0.25, -0.2) is 13.8 Å². The average Bonchev–Trinajstić information content (AvgIpc) is 2.93. The van der Waals surface area contributed by atoms with E-state index in [4.69, 9.17) is 0 Å². The molecule has 1 atom stereocenters. The zero-order valence-electron chi connectivity index (χ0n) is 11.6. The summed E-state index contributed by atoms with van der Waals surface area (Å²) in [7, 11) is 0. The Labute approximate surface area is 125 Å². The van der Waals surface area contributed by atoms with Gasteiger partial charge in [-0.05, 0) is 18.6 Å². The fraction of sp³-hybridized carbons (Fsp3) is 0.267. The van der Waals surface area contributed by atoms with Crippen LogP contribution < -0.4 is 4.90 Å². The van der Waals surface area contributed by atoms with Gasteiger partial charge >= 0.3 is 5.69 Å². The number of nitro groups is 1. The molecule has 2 aromatic rings. The lowest BCUT2D eigenvalue weighted by molar-refractivity contribution is -0.383. The predicted molar refractivity (Wildman–Crippen MR) is 78.0 cm³/mol. The van der Waals surface area contributed by atoms with E-state index >= 15 is 0 Å². The number of hydrogen-bond donors (Lipinski definition) is 0. The van der Waals surface area contributed by atoms with Crippen LogP contribution in [0.5, 0.6) is 0 Å². The molecule has 0 N–H and O–H groups in total. The van der Waals surface area contributed by atoms with Crippen LogP contribution in [-0.4, -0.2) is 29.2 Å². The zero-order valence-corrected chi connectivity index (χ0v) is 11.6. The third-order valence-corrected chi connectivity index (χ3v) is 3.68. The Kier molecular flexibility index (Phi) is 3.70. The van der Waals surface area contributed by atoms with Gasteiger partial charge < -0.3 is 4.90 Å². The maximum absolute atomic E-state index is 14.0. The first kappa shape index (κ1) is 14.4. The van der Waals surface area contributed by atoms with Crippen molar-refractivity contribution in [3.63, 3.8) is 0 Å². The summed E-state index contributed by atoms with van der Waals surface area (Å²) in [6, 6.07) is 7.25. The molecule has 0 amide bonds. The van der Waals surface area contributed by atoms with Gasteiger partial charge in [0.2, 0.25) is 5.82 Å². The van der Waals surface area contributed by atoms with Gasteiger partial charge in [0, 0.05) is 18.3 Å². The molecule has 0 unspecified atom stereocenters. The Hall–Kier alpha value is -2.57. The van der Waals surface area contributed by atoms with Crippen molar-refractivity contribution >= 4 is 11.5 Å². The normalized spacial score (nSPS) is 17.7. The van der Waals surface area contributed by atoms with E-state index in [1.165, 1.54) is 35.4 Å². The van der Waals surface area contributed by atoms with Gasteiger partial charge in [-0.3, -0.25) is 10.1 Å². The highest BCUT2D eigenvalue weighted by Gasteiger charge is 2.31. The van der Waals surface area contributed by atoms with E-state index in [2.05, 4.69) is 4.98 Å². The van der Waals surface area contributed by atoms with Crippen LogP contribution in [0.1, 0.15) is 6.42 Å². The second-order valence-electron chi connectivity index (χ2n) is 5.10. The number of halogens is 2. The highest BCUT2D eigenvalue weighted by molar-refractivity contribution is 5.80. The molecule has 0 bridgehead atoms. The van der Waals surface area contributed by atoms with Crippen molar-refractivity contribution in [3.05, 3.63) is 52.5 Å². The maximum Gasteiger partial charge on any atom is 0.319 e. The van der Waals surface area contributed by atoms with Crippen molar-refractivity contribution in [2.75, 3.05) is 18.0 Å². The van der Waals surface area contributed by atoms with Crippen LogP contribution in [0.25, 0.3) is 11.1 Å². The third-order valence-electron chi connectivity index (χ3n) is 3.68. The van der Waals surface area contributed by atoms with Gasteiger partial charge in [0.05, 0.1) is 17.0 Å². The Bertz CT molecular complexity index is 724. The van der Waals surface area contributed by atoms with Crippen molar-refractivity contribution < 1.29 is 13.7 Å². The minimum Gasteiger partial charge on any atom is -0.348 e. The van der Waals surface area contributed by atoms with Gasteiger partial charge in [-0.1, -0.05) is 18.2 Å². The van der Waals surface area contributed by atoms with Gasteiger partial charge in [0.15, 0.2) is 0 Å². The van der Waals surface area contributed by atoms with Crippen LogP contribution in [0.4, 0.5) is 20.3 Å². The van der Waals surface area contributed by atoms with Crippen molar-refractivity contribution in [3.8, 4) is 11.1 Å². The van der Waals surface area contributed by atoms with Crippen LogP contribution in [-0.2, 0) is 0 Å². The molecule has 7 heteroatoms. The quantitative estimate of drug-likeness (QED) is 0.644. The summed E-state index contributed by atoms with van der Waals surface area (Å²) >= 11 is 0. The minimum absolute atomic E-state index is 0.0641. The van der Waals surface area contributed by atoms with Crippen molar-refractivity contribution in [1.82, 2.24) is 4.98 Å².